The smallest absolute Gasteiger partial charge is 0.257 e. The van der Waals surface area contributed by atoms with E-state index in [1.54, 1.807) is 12.4 Å². The van der Waals surface area contributed by atoms with Crippen LogP contribution in [0.25, 0.3) is 0 Å². The molecule has 1 amide bonds. The minimum absolute atomic E-state index is 0.0983. The van der Waals surface area contributed by atoms with Crippen molar-refractivity contribution in [1.29, 1.82) is 0 Å². The molecule has 0 saturated carbocycles. The summed E-state index contributed by atoms with van der Waals surface area (Å²) < 4.78 is 0. The number of piperidine rings is 1. The third-order valence-corrected chi connectivity index (χ3v) is 3.95. The summed E-state index contributed by atoms with van der Waals surface area (Å²) >= 11 is 0. The van der Waals surface area contributed by atoms with E-state index in [4.69, 9.17) is 0 Å². The summed E-state index contributed by atoms with van der Waals surface area (Å²) in [6.45, 7) is 7.14. The van der Waals surface area contributed by atoms with Crippen LogP contribution in [0.1, 0.15) is 43.5 Å². The maximum atomic E-state index is 12.3. The Bertz CT molecular complexity index is 390. The van der Waals surface area contributed by atoms with Gasteiger partial charge in [-0.25, -0.2) is 0 Å². The van der Waals surface area contributed by atoms with Crippen LogP contribution in [0.2, 0.25) is 0 Å². The number of likely N-dealkylation sites (tertiary alicyclic amines) is 1. The number of H-pyrrole nitrogens is 1. The zero-order valence-electron chi connectivity index (χ0n) is 11.9. The van der Waals surface area contributed by atoms with E-state index < -0.39 is 0 Å². The molecule has 2 unspecified atom stereocenters. The van der Waals surface area contributed by atoms with E-state index in [1.165, 1.54) is 0 Å². The van der Waals surface area contributed by atoms with Crippen molar-refractivity contribution in [3.8, 4) is 0 Å². The molecule has 1 aromatic rings. The highest BCUT2D eigenvalue weighted by atomic mass is 16.2. The quantitative estimate of drug-likeness (QED) is 0.850. The van der Waals surface area contributed by atoms with Gasteiger partial charge in [0.1, 0.15) is 0 Å². The lowest BCUT2D eigenvalue weighted by molar-refractivity contribution is 0.0627. The molecule has 106 valence electrons. The normalized spacial score (nSPS) is 23.6. The predicted octanol–water partition coefficient (Wildman–Crippen LogP) is 1.65. The van der Waals surface area contributed by atoms with Crippen LogP contribution in [0.5, 0.6) is 0 Å². The number of hydrogen-bond acceptors (Lipinski definition) is 3. The molecule has 2 atom stereocenters. The van der Waals surface area contributed by atoms with Crippen LogP contribution in [-0.4, -0.2) is 46.7 Å². The third-order valence-electron chi connectivity index (χ3n) is 3.95. The zero-order chi connectivity index (χ0) is 13.7. The first-order valence-corrected chi connectivity index (χ1v) is 7.27. The largest absolute Gasteiger partial charge is 0.338 e. The van der Waals surface area contributed by atoms with E-state index in [2.05, 4.69) is 29.4 Å². The van der Waals surface area contributed by atoms with E-state index in [0.717, 1.165) is 38.9 Å². The molecule has 0 aliphatic carbocycles. The summed E-state index contributed by atoms with van der Waals surface area (Å²) in [5.41, 5.74) is 0.662. The van der Waals surface area contributed by atoms with Crippen molar-refractivity contribution in [2.24, 2.45) is 5.92 Å². The Morgan fingerprint density at radius 2 is 2.42 bits per heavy atom. The highest BCUT2D eigenvalue weighted by Gasteiger charge is 2.30. The number of amides is 1. The van der Waals surface area contributed by atoms with Crippen LogP contribution >= 0.6 is 0 Å². The first kappa shape index (κ1) is 14.1. The molecule has 0 spiro atoms. The Morgan fingerprint density at radius 3 is 3.05 bits per heavy atom. The monoisotopic (exact) mass is 264 g/mol. The van der Waals surface area contributed by atoms with Crippen LogP contribution in [0, 0.1) is 5.92 Å². The van der Waals surface area contributed by atoms with Gasteiger partial charge < -0.3 is 10.2 Å². The Morgan fingerprint density at radius 1 is 1.58 bits per heavy atom. The third kappa shape index (κ3) is 3.35. The first-order chi connectivity index (χ1) is 9.26. The summed E-state index contributed by atoms with van der Waals surface area (Å²) in [6, 6.07) is 0.554. The number of nitrogens with one attached hydrogen (secondary N) is 2. The highest BCUT2D eigenvalue weighted by molar-refractivity contribution is 5.93. The van der Waals surface area contributed by atoms with Crippen LogP contribution in [-0.2, 0) is 0 Å². The average molecular weight is 264 g/mol. The minimum Gasteiger partial charge on any atom is -0.338 e. The lowest BCUT2D eigenvalue weighted by Gasteiger charge is -2.38. The Balaban J connectivity index is 1.94. The van der Waals surface area contributed by atoms with E-state index in [-0.39, 0.29) is 5.91 Å². The standard InChI is InChI=1S/C14H24N4O/c1-3-6-15-13-5-7-18(10-11(13)4-2)14(19)12-8-16-17-9-12/h8-9,11,13,15H,3-7,10H2,1-2H3,(H,16,17). The van der Waals surface area contributed by atoms with Gasteiger partial charge in [0.25, 0.3) is 5.91 Å². The predicted molar refractivity (Wildman–Crippen MR) is 75.0 cm³/mol. The number of carbonyl (C=O) groups is 1. The molecule has 1 aliphatic heterocycles. The van der Waals surface area contributed by atoms with Crippen LogP contribution in [0.3, 0.4) is 0 Å². The molecule has 2 N–H and O–H groups in total. The Labute approximate surface area is 114 Å². The number of rotatable bonds is 5. The maximum absolute atomic E-state index is 12.3. The van der Waals surface area contributed by atoms with Crippen molar-refractivity contribution in [3.05, 3.63) is 18.0 Å². The molecule has 1 fully saturated rings. The molecule has 1 aromatic heterocycles. The lowest BCUT2D eigenvalue weighted by Crippen LogP contribution is -2.51. The van der Waals surface area contributed by atoms with Crippen molar-refractivity contribution in [2.45, 2.75) is 39.2 Å². The van der Waals surface area contributed by atoms with Crippen molar-refractivity contribution in [2.75, 3.05) is 19.6 Å². The topological polar surface area (TPSA) is 61.0 Å². The second kappa shape index (κ2) is 6.70. The van der Waals surface area contributed by atoms with Gasteiger partial charge in [-0.15, -0.1) is 0 Å². The van der Waals surface area contributed by atoms with Gasteiger partial charge in [0.05, 0.1) is 11.8 Å². The van der Waals surface area contributed by atoms with Gasteiger partial charge in [-0.3, -0.25) is 9.89 Å². The van der Waals surface area contributed by atoms with Crippen molar-refractivity contribution < 1.29 is 4.79 Å². The van der Waals surface area contributed by atoms with Crippen LogP contribution in [0.15, 0.2) is 12.4 Å². The molecule has 19 heavy (non-hydrogen) atoms. The number of aromatic nitrogens is 2. The van der Waals surface area contributed by atoms with Crippen LogP contribution in [0.4, 0.5) is 0 Å². The molecule has 1 saturated heterocycles. The zero-order valence-corrected chi connectivity index (χ0v) is 11.9. The van der Waals surface area contributed by atoms with Crippen LogP contribution < -0.4 is 5.32 Å². The second-order valence-electron chi connectivity index (χ2n) is 5.26. The van der Waals surface area contributed by atoms with Gasteiger partial charge in [-0.2, -0.15) is 5.10 Å². The van der Waals surface area contributed by atoms with Gasteiger partial charge in [0.15, 0.2) is 0 Å². The summed E-state index contributed by atoms with van der Waals surface area (Å²) in [5.74, 6) is 0.650. The molecular weight excluding hydrogens is 240 g/mol. The highest BCUT2D eigenvalue weighted by Crippen LogP contribution is 2.21. The first-order valence-electron chi connectivity index (χ1n) is 7.27. The summed E-state index contributed by atoms with van der Waals surface area (Å²) in [7, 11) is 0. The number of carbonyl (C=O) groups excluding carboxylic acids is 1. The molecule has 2 rings (SSSR count). The second-order valence-corrected chi connectivity index (χ2v) is 5.26. The van der Waals surface area contributed by atoms with E-state index in [9.17, 15) is 4.79 Å². The fourth-order valence-corrected chi connectivity index (χ4v) is 2.78. The number of hydrogen-bond donors (Lipinski definition) is 2. The summed E-state index contributed by atoms with van der Waals surface area (Å²) in [5, 5.41) is 10.2. The molecule has 0 bridgehead atoms. The van der Waals surface area contributed by atoms with E-state index >= 15 is 0 Å². The van der Waals surface area contributed by atoms with E-state index in [1.807, 2.05) is 4.90 Å². The molecule has 5 heteroatoms. The molecule has 0 aromatic carbocycles. The molecular formula is C14H24N4O. The average Bonchev–Trinajstić information content (AvgIpc) is 2.98. The van der Waals surface area contributed by atoms with Gasteiger partial charge in [-0.05, 0) is 25.3 Å². The fourth-order valence-electron chi connectivity index (χ4n) is 2.78. The van der Waals surface area contributed by atoms with Gasteiger partial charge in [0.2, 0.25) is 0 Å². The number of nitrogens with zero attached hydrogens (tertiary/aromatic N) is 2. The molecule has 0 radical (unpaired) electrons. The maximum Gasteiger partial charge on any atom is 0.257 e. The molecule has 5 nitrogen and oxygen atoms in total. The van der Waals surface area contributed by atoms with Gasteiger partial charge >= 0.3 is 0 Å². The number of aromatic amines is 1. The summed E-state index contributed by atoms with van der Waals surface area (Å²) in [6.07, 6.45) is 6.58. The molecule has 2 heterocycles. The van der Waals surface area contributed by atoms with Crippen molar-refractivity contribution in [3.63, 3.8) is 0 Å². The fraction of sp³-hybridized carbons (Fsp3) is 0.714. The minimum atomic E-state index is 0.0983. The van der Waals surface area contributed by atoms with Gasteiger partial charge in [0, 0.05) is 25.3 Å². The lowest BCUT2D eigenvalue weighted by atomic mass is 9.89. The van der Waals surface area contributed by atoms with Gasteiger partial charge in [-0.1, -0.05) is 20.3 Å². The molecule has 1 aliphatic rings. The summed E-state index contributed by atoms with van der Waals surface area (Å²) in [4.78, 5) is 14.3. The SMILES string of the molecule is CCCNC1CCN(C(=O)c2cn[nH]c2)CC1CC. The van der Waals surface area contributed by atoms with Crippen molar-refractivity contribution in [1.82, 2.24) is 20.4 Å². The van der Waals surface area contributed by atoms with E-state index in [0.29, 0.717) is 17.5 Å². The van der Waals surface area contributed by atoms with Crippen molar-refractivity contribution >= 4 is 5.91 Å². The Kier molecular flexibility index (Phi) is 4.96. The Hall–Kier alpha value is -1.36.